The van der Waals surface area contributed by atoms with E-state index in [0.29, 0.717) is 29.3 Å². The quantitative estimate of drug-likeness (QED) is 0.811. The van der Waals surface area contributed by atoms with Crippen molar-refractivity contribution in [1.82, 2.24) is 5.32 Å². The highest BCUT2D eigenvalue weighted by molar-refractivity contribution is 5.98. The van der Waals surface area contributed by atoms with Crippen LogP contribution in [0.2, 0.25) is 0 Å². The van der Waals surface area contributed by atoms with Gasteiger partial charge >= 0.3 is 0 Å². The fourth-order valence-electron chi connectivity index (χ4n) is 2.35. The summed E-state index contributed by atoms with van der Waals surface area (Å²) >= 11 is 0. The number of anilines is 1. The van der Waals surface area contributed by atoms with E-state index < -0.39 is 0 Å². The lowest BCUT2D eigenvalue weighted by Crippen LogP contribution is -2.25. The van der Waals surface area contributed by atoms with E-state index in [1.54, 1.807) is 30.3 Å². The standard InChI is InChI=1S/C19H22N2O4/c1-4-20-19(23)14-9-7-8-13(2)18(14)25-12-17(22)21-15-10-5-6-11-16(15)24-3/h5-11H,4,12H2,1-3H3,(H,20,23)(H,21,22). The fourth-order valence-corrected chi connectivity index (χ4v) is 2.35. The first-order valence-electron chi connectivity index (χ1n) is 8.00. The molecule has 132 valence electrons. The van der Waals surface area contributed by atoms with E-state index in [9.17, 15) is 9.59 Å². The molecule has 0 unspecified atom stereocenters. The number of methoxy groups -OCH3 is 1. The summed E-state index contributed by atoms with van der Waals surface area (Å²) in [4.78, 5) is 24.3. The summed E-state index contributed by atoms with van der Waals surface area (Å²) in [7, 11) is 1.54. The van der Waals surface area contributed by atoms with Gasteiger partial charge in [0, 0.05) is 6.54 Å². The molecule has 6 nitrogen and oxygen atoms in total. The zero-order valence-electron chi connectivity index (χ0n) is 14.6. The number of hydrogen-bond acceptors (Lipinski definition) is 4. The minimum absolute atomic E-state index is 0.213. The molecule has 0 radical (unpaired) electrons. The predicted molar refractivity (Wildman–Crippen MR) is 96.3 cm³/mol. The average molecular weight is 342 g/mol. The van der Waals surface area contributed by atoms with Crippen molar-refractivity contribution in [3.05, 3.63) is 53.6 Å². The molecule has 2 N–H and O–H groups in total. The van der Waals surface area contributed by atoms with Gasteiger partial charge in [-0.2, -0.15) is 0 Å². The summed E-state index contributed by atoms with van der Waals surface area (Å²) in [5, 5.41) is 5.47. The average Bonchev–Trinajstić information content (AvgIpc) is 2.61. The van der Waals surface area contributed by atoms with E-state index in [4.69, 9.17) is 9.47 Å². The first kappa shape index (κ1) is 18.3. The molecule has 2 aromatic rings. The molecule has 0 saturated carbocycles. The minimum atomic E-state index is -0.338. The molecule has 0 saturated heterocycles. The number of amides is 2. The largest absolute Gasteiger partial charge is 0.495 e. The van der Waals surface area contributed by atoms with Crippen LogP contribution >= 0.6 is 0 Å². The van der Waals surface area contributed by atoms with Crippen molar-refractivity contribution in [2.75, 3.05) is 25.6 Å². The van der Waals surface area contributed by atoms with Crippen molar-refractivity contribution >= 4 is 17.5 Å². The van der Waals surface area contributed by atoms with Crippen LogP contribution in [-0.2, 0) is 4.79 Å². The molecule has 0 bridgehead atoms. The van der Waals surface area contributed by atoms with Crippen LogP contribution in [0.1, 0.15) is 22.8 Å². The fraction of sp³-hybridized carbons (Fsp3) is 0.263. The first-order valence-corrected chi connectivity index (χ1v) is 8.00. The molecular weight excluding hydrogens is 320 g/mol. The third-order valence-corrected chi connectivity index (χ3v) is 3.52. The Morgan fingerprint density at radius 2 is 1.84 bits per heavy atom. The summed E-state index contributed by atoms with van der Waals surface area (Å²) in [5.74, 6) is 0.402. The Bertz CT molecular complexity index is 759. The topological polar surface area (TPSA) is 76.7 Å². The van der Waals surface area contributed by atoms with Gasteiger partial charge in [-0.05, 0) is 37.6 Å². The molecule has 0 fully saturated rings. The Morgan fingerprint density at radius 3 is 2.56 bits per heavy atom. The number of ether oxygens (including phenoxy) is 2. The van der Waals surface area contributed by atoms with Crippen LogP contribution in [0, 0.1) is 6.92 Å². The van der Waals surface area contributed by atoms with E-state index in [1.807, 2.05) is 26.0 Å². The molecule has 0 spiro atoms. The third-order valence-electron chi connectivity index (χ3n) is 3.52. The highest BCUT2D eigenvalue weighted by Gasteiger charge is 2.15. The molecule has 0 aliphatic rings. The summed E-state index contributed by atoms with van der Waals surface area (Å²) in [5.41, 5.74) is 1.76. The monoisotopic (exact) mass is 342 g/mol. The molecule has 2 aromatic carbocycles. The van der Waals surface area contributed by atoms with Crippen LogP contribution in [0.3, 0.4) is 0 Å². The van der Waals surface area contributed by atoms with Gasteiger partial charge in [0.2, 0.25) is 0 Å². The van der Waals surface area contributed by atoms with Crippen LogP contribution < -0.4 is 20.1 Å². The van der Waals surface area contributed by atoms with Crippen molar-refractivity contribution in [3.8, 4) is 11.5 Å². The summed E-state index contributed by atoms with van der Waals surface area (Å²) in [6.45, 7) is 3.97. The second-order valence-electron chi connectivity index (χ2n) is 5.35. The number of carbonyl (C=O) groups excluding carboxylic acids is 2. The van der Waals surface area contributed by atoms with Gasteiger partial charge in [0.25, 0.3) is 11.8 Å². The van der Waals surface area contributed by atoms with Crippen LogP contribution in [0.5, 0.6) is 11.5 Å². The first-order chi connectivity index (χ1) is 12.1. The second kappa shape index (κ2) is 8.73. The van der Waals surface area contributed by atoms with Gasteiger partial charge < -0.3 is 20.1 Å². The Kier molecular flexibility index (Phi) is 6.39. The maximum Gasteiger partial charge on any atom is 0.262 e. The van der Waals surface area contributed by atoms with Crippen LogP contribution in [0.15, 0.2) is 42.5 Å². The zero-order valence-corrected chi connectivity index (χ0v) is 14.6. The van der Waals surface area contributed by atoms with E-state index in [1.165, 1.54) is 7.11 Å². The Morgan fingerprint density at radius 1 is 1.08 bits per heavy atom. The summed E-state index contributed by atoms with van der Waals surface area (Å²) in [6, 6.07) is 12.4. The number of nitrogens with one attached hydrogen (secondary N) is 2. The predicted octanol–water partition coefficient (Wildman–Crippen LogP) is 2.77. The molecule has 0 aromatic heterocycles. The van der Waals surface area contributed by atoms with E-state index in [0.717, 1.165) is 5.56 Å². The summed E-state index contributed by atoms with van der Waals surface area (Å²) in [6.07, 6.45) is 0. The van der Waals surface area contributed by atoms with Gasteiger partial charge in [-0.1, -0.05) is 24.3 Å². The Labute approximate surface area is 147 Å². The molecule has 2 rings (SSSR count). The van der Waals surface area contributed by atoms with Crippen molar-refractivity contribution in [2.45, 2.75) is 13.8 Å². The highest BCUT2D eigenvalue weighted by Crippen LogP contribution is 2.25. The number of rotatable bonds is 7. The van der Waals surface area contributed by atoms with Crippen LogP contribution in [0.4, 0.5) is 5.69 Å². The van der Waals surface area contributed by atoms with Crippen molar-refractivity contribution in [3.63, 3.8) is 0 Å². The lowest BCUT2D eigenvalue weighted by atomic mass is 10.1. The molecule has 0 aliphatic carbocycles. The number of para-hydroxylation sites is 3. The number of aryl methyl sites for hydroxylation is 1. The van der Waals surface area contributed by atoms with Crippen LogP contribution in [-0.4, -0.2) is 32.1 Å². The molecule has 6 heteroatoms. The normalized spacial score (nSPS) is 10.0. The SMILES string of the molecule is CCNC(=O)c1cccc(C)c1OCC(=O)Nc1ccccc1OC. The van der Waals surface area contributed by atoms with E-state index >= 15 is 0 Å². The summed E-state index contributed by atoms with van der Waals surface area (Å²) < 4.78 is 10.8. The maximum absolute atomic E-state index is 12.2. The van der Waals surface area contributed by atoms with Crippen LogP contribution in [0.25, 0.3) is 0 Å². The second-order valence-corrected chi connectivity index (χ2v) is 5.35. The lowest BCUT2D eigenvalue weighted by molar-refractivity contribution is -0.118. The number of carbonyl (C=O) groups is 2. The highest BCUT2D eigenvalue weighted by atomic mass is 16.5. The lowest BCUT2D eigenvalue weighted by Gasteiger charge is -2.14. The number of hydrogen-bond donors (Lipinski definition) is 2. The molecule has 25 heavy (non-hydrogen) atoms. The van der Waals surface area contributed by atoms with Gasteiger partial charge in [-0.25, -0.2) is 0 Å². The molecule has 0 atom stereocenters. The molecule has 0 heterocycles. The smallest absolute Gasteiger partial charge is 0.262 e. The third kappa shape index (κ3) is 4.73. The molecular formula is C19H22N2O4. The van der Waals surface area contributed by atoms with Gasteiger partial charge in [0.1, 0.15) is 11.5 Å². The van der Waals surface area contributed by atoms with Crippen molar-refractivity contribution < 1.29 is 19.1 Å². The number of benzene rings is 2. The van der Waals surface area contributed by atoms with E-state index in [-0.39, 0.29) is 18.4 Å². The van der Waals surface area contributed by atoms with Gasteiger partial charge in [-0.15, -0.1) is 0 Å². The zero-order chi connectivity index (χ0) is 18.2. The van der Waals surface area contributed by atoms with E-state index in [2.05, 4.69) is 10.6 Å². The molecule has 2 amide bonds. The van der Waals surface area contributed by atoms with Gasteiger partial charge in [0.15, 0.2) is 6.61 Å². The Balaban J connectivity index is 2.08. The van der Waals surface area contributed by atoms with Crippen molar-refractivity contribution in [2.24, 2.45) is 0 Å². The Hall–Kier alpha value is -3.02. The van der Waals surface area contributed by atoms with Gasteiger partial charge in [0.05, 0.1) is 18.4 Å². The van der Waals surface area contributed by atoms with Gasteiger partial charge in [-0.3, -0.25) is 9.59 Å². The van der Waals surface area contributed by atoms with Crippen molar-refractivity contribution in [1.29, 1.82) is 0 Å². The maximum atomic E-state index is 12.2. The minimum Gasteiger partial charge on any atom is -0.495 e. The molecule has 0 aliphatic heterocycles.